The van der Waals surface area contributed by atoms with E-state index in [0.717, 1.165) is 14.6 Å². The van der Waals surface area contributed by atoms with Crippen LogP contribution in [-0.2, 0) is 0 Å². The van der Waals surface area contributed by atoms with Crippen molar-refractivity contribution in [3.63, 3.8) is 0 Å². The number of amides is 1. The minimum atomic E-state index is -0.220. The number of hydrogen-bond acceptors (Lipinski definition) is 3. The van der Waals surface area contributed by atoms with Gasteiger partial charge in [0.05, 0.1) is 11.9 Å². The first-order chi connectivity index (χ1) is 8.97. The lowest BCUT2D eigenvalue weighted by Gasteiger charge is -2.07. The Morgan fingerprint density at radius 2 is 2.05 bits per heavy atom. The van der Waals surface area contributed by atoms with Crippen LogP contribution in [0.25, 0.3) is 0 Å². The Morgan fingerprint density at radius 1 is 1.32 bits per heavy atom. The highest BCUT2D eigenvalue weighted by Crippen LogP contribution is 2.21. The average molecular weight is 385 g/mol. The summed E-state index contributed by atoms with van der Waals surface area (Å²) < 4.78 is 1.53. The van der Waals surface area contributed by atoms with Crippen LogP contribution >= 0.6 is 31.9 Å². The van der Waals surface area contributed by atoms with E-state index in [2.05, 4.69) is 42.2 Å². The van der Waals surface area contributed by atoms with Gasteiger partial charge in [0.15, 0.2) is 0 Å². The van der Waals surface area contributed by atoms with Gasteiger partial charge in [0.2, 0.25) is 0 Å². The van der Waals surface area contributed by atoms with Gasteiger partial charge in [-0.25, -0.2) is 4.98 Å². The Labute approximate surface area is 127 Å². The lowest BCUT2D eigenvalue weighted by Crippen LogP contribution is -2.12. The van der Waals surface area contributed by atoms with Gasteiger partial charge in [-0.3, -0.25) is 4.79 Å². The van der Waals surface area contributed by atoms with Gasteiger partial charge in [-0.05, 0) is 68.6 Å². The number of carbonyl (C=O) groups is 1. The van der Waals surface area contributed by atoms with Crippen molar-refractivity contribution >= 4 is 49.1 Å². The summed E-state index contributed by atoms with van der Waals surface area (Å²) in [5.41, 5.74) is 8.37. The molecule has 1 amide bonds. The standard InChI is InChI=1S/C13H11Br2N3O/c1-7-4-9(6-17-12(7)15)18-13(19)8-2-3-10(14)11(16)5-8/h2-6H,16H2,1H3,(H,18,19). The van der Waals surface area contributed by atoms with E-state index in [4.69, 9.17) is 5.73 Å². The molecule has 0 radical (unpaired) electrons. The van der Waals surface area contributed by atoms with Crippen molar-refractivity contribution < 1.29 is 4.79 Å². The summed E-state index contributed by atoms with van der Waals surface area (Å²) in [5, 5.41) is 2.78. The summed E-state index contributed by atoms with van der Waals surface area (Å²) in [7, 11) is 0. The second-order valence-electron chi connectivity index (χ2n) is 4.02. The number of hydrogen-bond donors (Lipinski definition) is 2. The number of aryl methyl sites for hydroxylation is 1. The van der Waals surface area contributed by atoms with Crippen molar-refractivity contribution in [3.05, 3.63) is 50.7 Å². The summed E-state index contributed by atoms with van der Waals surface area (Å²) in [6.07, 6.45) is 1.59. The highest BCUT2D eigenvalue weighted by molar-refractivity contribution is 9.10. The number of pyridine rings is 1. The third kappa shape index (κ3) is 3.33. The molecule has 2 rings (SSSR count). The van der Waals surface area contributed by atoms with Crippen molar-refractivity contribution in [3.8, 4) is 0 Å². The van der Waals surface area contributed by atoms with E-state index >= 15 is 0 Å². The van der Waals surface area contributed by atoms with E-state index in [-0.39, 0.29) is 5.91 Å². The molecule has 0 fully saturated rings. The third-order valence-corrected chi connectivity index (χ3v) is 4.08. The normalized spacial score (nSPS) is 10.3. The lowest BCUT2D eigenvalue weighted by molar-refractivity contribution is 0.102. The number of nitrogens with zero attached hydrogens (tertiary/aromatic N) is 1. The van der Waals surface area contributed by atoms with Crippen LogP contribution in [0.2, 0.25) is 0 Å². The minimum Gasteiger partial charge on any atom is -0.398 e. The van der Waals surface area contributed by atoms with E-state index < -0.39 is 0 Å². The summed E-state index contributed by atoms with van der Waals surface area (Å²) >= 11 is 6.60. The molecule has 4 nitrogen and oxygen atoms in total. The number of halogens is 2. The molecule has 0 saturated carbocycles. The molecular weight excluding hydrogens is 374 g/mol. The monoisotopic (exact) mass is 383 g/mol. The van der Waals surface area contributed by atoms with Crippen LogP contribution in [0.1, 0.15) is 15.9 Å². The number of nitrogen functional groups attached to an aromatic ring is 1. The molecule has 6 heteroatoms. The van der Waals surface area contributed by atoms with Crippen LogP contribution in [0.3, 0.4) is 0 Å². The fourth-order valence-electron chi connectivity index (χ4n) is 1.51. The number of rotatable bonds is 2. The summed E-state index contributed by atoms with van der Waals surface area (Å²) in [6.45, 7) is 1.91. The van der Waals surface area contributed by atoms with Crippen molar-refractivity contribution in [1.82, 2.24) is 4.98 Å². The van der Waals surface area contributed by atoms with Crippen molar-refractivity contribution in [2.45, 2.75) is 6.92 Å². The smallest absolute Gasteiger partial charge is 0.255 e. The van der Waals surface area contributed by atoms with Gasteiger partial charge < -0.3 is 11.1 Å². The number of carbonyl (C=O) groups excluding carboxylic acids is 1. The number of anilines is 2. The zero-order chi connectivity index (χ0) is 14.0. The molecular formula is C13H11Br2N3O. The predicted molar refractivity (Wildman–Crippen MR) is 83.2 cm³/mol. The van der Waals surface area contributed by atoms with Gasteiger partial charge in [0.1, 0.15) is 4.60 Å². The molecule has 1 aromatic carbocycles. The van der Waals surface area contributed by atoms with E-state index in [1.165, 1.54) is 0 Å². The maximum absolute atomic E-state index is 12.1. The summed E-state index contributed by atoms with van der Waals surface area (Å²) in [6, 6.07) is 6.92. The summed E-state index contributed by atoms with van der Waals surface area (Å²) in [5.74, 6) is -0.220. The van der Waals surface area contributed by atoms with E-state index in [9.17, 15) is 4.79 Å². The third-order valence-electron chi connectivity index (χ3n) is 2.53. The number of nitrogens with two attached hydrogens (primary N) is 1. The second-order valence-corrected chi connectivity index (χ2v) is 5.63. The Hall–Kier alpha value is -1.40. The molecule has 1 aromatic heterocycles. The van der Waals surface area contributed by atoms with Gasteiger partial charge in [-0.1, -0.05) is 0 Å². The van der Waals surface area contributed by atoms with Crippen LogP contribution in [0, 0.1) is 6.92 Å². The molecule has 0 saturated heterocycles. The molecule has 0 aliphatic rings. The van der Waals surface area contributed by atoms with Crippen LogP contribution in [0.5, 0.6) is 0 Å². The molecule has 0 aliphatic carbocycles. The second kappa shape index (κ2) is 5.71. The molecule has 0 unspecified atom stereocenters. The van der Waals surface area contributed by atoms with Crippen molar-refractivity contribution in [1.29, 1.82) is 0 Å². The van der Waals surface area contributed by atoms with Gasteiger partial charge in [0.25, 0.3) is 5.91 Å². The maximum atomic E-state index is 12.1. The average Bonchev–Trinajstić information content (AvgIpc) is 2.37. The largest absolute Gasteiger partial charge is 0.398 e. The van der Waals surface area contributed by atoms with E-state index in [1.54, 1.807) is 24.4 Å². The minimum absolute atomic E-state index is 0.220. The highest BCUT2D eigenvalue weighted by atomic mass is 79.9. The first-order valence-corrected chi connectivity index (χ1v) is 7.04. The first-order valence-electron chi connectivity index (χ1n) is 5.46. The van der Waals surface area contributed by atoms with Crippen LogP contribution in [0.4, 0.5) is 11.4 Å². The molecule has 0 atom stereocenters. The van der Waals surface area contributed by atoms with Crippen LogP contribution in [0.15, 0.2) is 39.5 Å². The van der Waals surface area contributed by atoms with Crippen LogP contribution in [-0.4, -0.2) is 10.9 Å². The zero-order valence-electron chi connectivity index (χ0n) is 10.1. The molecule has 0 bridgehead atoms. The topological polar surface area (TPSA) is 68.0 Å². The first kappa shape index (κ1) is 14.0. The van der Waals surface area contributed by atoms with Crippen molar-refractivity contribution in [2.24, 2.45) is 0 Å². The predicted octanol–water partition coefficient (Wildman–Crippen LogP) is 3.75. The Kier molecular flexibility index (Phi) is 4.21. The molecule has 2 aromatic rings. The lowest BCUT2D eigenvalue weighted by atomic mass is 10.2. The number of nitrogens with one attached hydrogen (secondary N) is 1. The molecule has 3 N–H and O–H groups in total. The maximum Gasteiger partial charge on any atom is 0.255 e. The SMILES string of the molecule is Cc1cc(NC(=O)c2ccc(Br)c(N)c2)cnc1Br. The fourth-order valence-corrected chi connectivity index (χ4v) is 1.98. The zero-order valence-corrected chi connectivity index (χ0v) is 13.2. The molecule has 98 valence electrons. The quantitative estimate of drug-likeness (QED) is 0.612. The van der Waals surface area contributed by atoms with E-state index in [0.29, 0.717) is 16.9 Å². The molecule has 0 aliphatic heterocycles. The van der Waals surface area contributed by atoms with Gasteiger partial charge >= 0.3 is 0 Å². The Balaban J connectivity index is 2.20. The number of benzene rings is 1. The van der Waals surface area contributed by atoms with Gasteiger partial charge in [0, 0.05) is 15.7 Å². The Morgan fingerprint density at radius 3 is 2.68 bits per heavy atom. The van der Waals surface area contributed by atoms with Crippen molar-refractivity contribution in [2.75, 3.05) is 11.1 Å². The molecule has 1 heterocycles. The Bertz CT molecular complexity index is 644. The summed E-state index contributed by atoms with van der Waals surface area (Å²) in [4.78, 5) is 16.2. The number of aromatic nitrogens is 1. The molecule has 0 spiro atoms. The van der Waals surface area contributed by atoms with Gasteiger partial charge in [-0.2, -0.15) is 0 Å². The van der Waals surface area contributed by atoms with Gasteiger partial charge in [-0.15, -0.1) is 0 Å². The van der Waals surface area contributed by atoms with Crippen LogP contribution < -0.4 is 11.1 Å². The van der Waals surface area contributed by atoms with E-state index in [1.807, 2.05) is 13.0 Å². The highest BCUT2D eigenvalue weighted by Gasteiger charge is 2.08. The fraction of sp³-hybridized carbons (Fsp3) is 0.0769. The molecule has 19 heavy (non-hydrogen) atoms.